The van der Waals surface area contributed by atoms with Gasteiger partial charge in [0.05, 0.1) is 0 Å². The van der Waals surface area contributed by atoms with E-state index in [9.17, 15) is 9.59 Å². The first-order chi connectivity index (χ1) is 10.6. The number of aliphatic hydroxyl groups excluding tert-OH is 2. The lowest BCUT2D eigenvalue weighted by atomic mass is 10.0. The van der Waals surface area contributed by atoms with E-state index in [2.05, 4.69) is 20.1 Å². The molecule has 0 fully saturated rings. The molecule has 0 heterocycles. The molecule has 0 radical (unpaired) electrons. The maximum Gasteiger partial charge on any atom is 0.330 e. The molecule has 0 saturated carbocycles. The van der Waals surface area contributed by atoms with Crippen LogP contribution >= 0.6 is 0 Å². The number of carboxylic acids is 2. The van der Waals surface area contributed by atoms with E-state index in [1.807, 2.05) is 0 Å². The van der Waals surface area contributed by atoms with Gasteiger partial charge in [0.2, 0.25) is 0 Å². The molecule has 0 aromatic carbocycles. The number of aliphatic carboxylic acids is 2. The van der Waals surface area contributed by atoms with Gasteiger partial charge in [-0.05, 0) is 32.6 Å². The lowest BCUT2D eigenvalue weighted by Crippen LogP contribution is -1.99. The van der Waals surface area contributed by atoms with Crippen LogP contribution in [0.1, 0.15) is 52.9 Å². The largest absolute Gasteiger partial charge is 0.478 e. The van der Waals surface area contributed by atoms with Crippen LogP contribution in [0.25, 0.3) is 0 Å². The number of rotatable bonds is 9. The molecule has 0 saturated heterocycles. The van der Waals surface area contributed by atoms with Crippen LogP contribution in [0.15, 0.2) is 24.3 Å². The van der Waals surface area contributed by atoms with Crippen LogP contribution in [0.3, 0.4) is 0 Å². The molecule has 0 aliphatic rings. The normalized spacial score (nSPS) is 10.3. The molecular formula is C17H32O6. The van der Waals surface area contributed by atoms with Gasteiger partial charge in [-0.25, -0.2) is 9.59 Å². The fraction of sp³-hybridized carbons (Fsp3) is 0.647. The zero-order valence-corrected chi connectivity index (χ0v) is 14.5. The number of hydrogen-bond acceptors (Lipinski definition) is 4. The molecule has 0 aromatic heterocycles. The van der Waals surface area contributed by atoms with Crippen LogP contribution in [-0.2, 0) is 9.59 Å². The molecular weight excluding hydrogens is 300 g/mol. The van der Waals surface area contributed by atoms with E-state index in [-0.39, 0.29) is 11.1 Å². The minimum absolute atomic E-state index is 0.176. The van der Waals surface area contributed by atoms with E-state index in [1.54, 1.807) is 0 Å². The lowest BCUT2D eigenvalue weighted by Gasteiger charge is -2.05. The van der Waals surface area contributed by atoms with Crippen molar-refractivity contribution in [1.29, 1.82) is 0 Å². The molecule has 0 bridgehead atoms. The van der Waals surface area contributed by atoms with Crippen LogP contribution in [0.4, 0.5) is 0 Å². The molecule has 0 amide bonds. The summed E-state index contributed by atoms with van der Waals surface area (Å²) in [6.45, 7) is 11.9. The summed E-state index contributed by atoms with van der Waals surface area (Å²) in [5, 5.41) is 33.0. The maximum absolute atomic E-state index is 9.60. The highest BCUT2D eigenvalue weighted by atomic mass is 16.4. The molecule has 4 N–H and O–H groups in total. The molecule has 23 heavy (non-hydrogen) atoms. The second-order valence-corrected chi connectivity index (χ2v) is 5.39. The van der Waals surface area contributed by atoms with Gasteiger partial charge in [-0.3, -0.25) is 0 Å². The molecule has 0 aliphatic carbocycles. The van der Waals surface area contributed by atoms with Crippen LogP contribution in [0.2, 0.25) is 0 Å². The van der Waals surface area contributed by atoms with Crippen LogP contribution in [0.5, 0.6) is 0 Å². The topological polar surface area (TPSA) is 115 Å². The van der Waals surface area contributed by atoms with E-state index >= 15 is 0 Å². The molecule has 136 valence electrons. The van der Waals surface area contributed by atoms with Gasteiger partial charge in [0.1, 0.15) is 0 Å². The summed E-state index contributed by atoms with van der Waals surface area (Å²) in [7, 11) is 0. The Balaban J connectivity index is -0.000000284. The zero-order valence-electron chi connectivity index (χ0n) is 14.5. The molecule has 0 aliphatic heterocycles. The molecule has 6 heteroatoms. The summed E-state index contributed by atoms with van der Waals surface area (Å²) in [6, 6.07) is 0. The van der Waals surface area contributed by atoms with Crippen molar-refractivity contribution in [2.24, 2.45) is 5.92 Å². The maximum atomic E-state index is 9.60. The summed E-state index contributed by atoms with van der Waals surface area (Å²) in [5.41, 5.74) is 0.352. The Kier molecular flexibility index (Phi) is 21.0. The third-order valence-electron chi connectivity index (χ3n) is 2.65. The van der Waals surface area contributed by atoms with E-state index in [0.717, 1.165) is 19.3 Å². The number of carboxylic acid groups (broad SMARTS) is 2. The minimum atomic E-state index is -0.935. The number of carbonyl (C=O) groups is 2. The van der Waals surface area contributed by atoms with E-state index in [0.29, 0.717) is 19.1 Å². The summed E-state index contributed by atoms with van der Waals surface area (Å²) in [4.78, 5) is 19.2. The first kappa shape index (κ1) is 26.2. The van der Waals surface area contributed by atoms with Crippen molar-refractivity contribution in [3.8, 4) is 0 Å². The number of hydrogen-bond donors (Lipinski definition) is 4. The van der Waals surface area contributed by atoms with Crippen LogP contribution < -0.4 is 0 Å². The summed E-state index contributed by atoms with van der Waals surface area (Å²) in [6.07, 6.45) is 5.52. The molecule has 0 spiro atoms. The highest BCUT2D eigenvalue weighted by molar-refractivity contribution is 5.85. The highest BCUT2D eigenvalue weighted by Crippen LogP contribution is 2.09. The smallest absolute Gasteiger partial charge is 0.330 e. The Bertz CT molecular complexity index is 301. The van der Waals surface area contributed by atoms with Crippen LogP contribution in [-0.4, -0.2) is 45.6 Å². The van der Waals surface area contributed by atoms with Gasteiger partial charge >= 0.3 is 11.9 Å². The quantitative estimate of drug-likeness (QED) is 0.381. The second kappa shape index (κ2) is 18.4. The van der Waals surface area contributed by atoms with Crippen molar-refractivity contribution >= 4 is 11.9 Å². The first-order valence-electron chi connectivity index (χ1n) is 7.59. The Hall–Kier alpha value is -1.66. The predicted molar refractivity (Wildman–Crippen MR) is 91.3 cm³/mol. The van der Waals surface area contributed by atoms with Crippen molar-refractivity contribution in [3.63, 3.8) is 0 Å². The molecule has 1 unspecified atom stereocenters. The van der Waals surface area contributed by atoms with Gasteiger partial charge in [-0.15, -0.1) is 0 Å². The zero-order chi connectivity index (χ0) is 18.8. The Labute approximate surface area is 139 Å². The molecule has 6 nitrogen and oxygen atoms in total. The fourth-order valence-electron chi connectivity index (χ4n) is 1.05. The summed E-state index contributed by atoms with van der Waals surface area (Å²) in [5.74, 6) is -1.42. The standard InChI is InChI=1S/C9H20O2.2C4H6O2/c1-9(8-11)6-4-2-3-5-7-10;2*1-3(2)4(5)6/h9-11H,2-8H2,1H3;2*1H2,2H3,(H,5,6). The first-order valence-corrected chi connectivity index (χ1v) is 7.59. The van der Waals surface area contributed by atoms with Gasteiger partial charge in [-0.2, -0.15) is 0 Å². The average molecular weight is 332 g/mol. The van der Waals surface area contributed by atoms with E-state index < -0.39 is 11.9 Å². The molecule has 0 aromatic rings. The molecule has 1 atom stereocenters. The van der Waals surface area contributed by atoms with Gasteiger partial charge < -0.3 is 20.4 Å². The Morgan fingerprint density at radius 2 is 1.22 bits per heavy atom. The second-order valence-electron chi connectivity index (χ2n) is 5.39. The SMILES string of the molecule is C=C(C)C(=O)O.C=C(C)C(=O)O.CC(CO)CCCCCCO. The van der Waals surface area contributed by atoms with Crippen molar-refractivity contribution in [2.75, 3.05) is 13.2 Å². The van der Waals surface area contributed by atoms with Crippen molar-refractivity contribution < 1.29 is 30.0 Å². The third-order valence-corrected chi connectivity index (χ3v) is 2.65. The minimum Gasteiger partial charge on any atom is -0.478 e. The third kappa shape index (κ3) is 29.1. The fourth-order valence-corrected chi connectivity index (χ4v) is 1.05. The highest BCUT2D eigenvalue weighted by Gasteiger charge is 1.98. The van der Waals surface area contributed by atoms with Gasteiger partial charge in [0, 0.05) is 24.4 Å². The van der Waals surface area contributed by atoms with Crippen molar-refractivity contribution in [2.45, 2.75) is 52.9 Å². The predicted octanol–water partition coefficient (Wildman–Crippen LogP) is 2.85. The van der Waals surface area contributed by atoms with Crippen molar-refractivity contribution in [3.05, 3.63) is 24.3 Å². The Morgan fingerprint density at radius 3 is 1.48 bits per heavy atom. The Morgan fingerprint density at radius 1 is 0.870 bits per heavy atom. The van der Waals surface area contributed by atoms with Crippen LogP contribution in [0, 0.1) is 5.92 Å². The van der Waals surface area contributed by atoms with E-state index in [1.165, 1.54) is 26.7 Å². The monoisotopic (exact) mass is 332 g/mol. The number of unbranched alkanes of at least 4 members (excludes halogenated alkanes) is 3. The van der Waals surface area contributed by atoms with Gasteiger partial charge in [0.15, 0.2) is 0 Å². The summed E-state index contributed by atoms with van der Waals surface area (Å²) >= 11 is 0. The van der Waals surface area contributed by atoms with Gasteiger partial charge in [0.25, 0.3) is 0 Å². The van der Waals surface area contributed by atoms with E-state index in [4.69, 9.17) is 20.4 Å². The lowest BCUT2D eigenvalue weighted by molar-refractivity contribution is -0.133. The molecule has 0 rings (SSSR count). The summed E-state index contributed by atoms with van der Waals surface area (Å²) < 4.78 is 0. The van der Waals surface area contributed by atoms with Crippen molar-refractivity contribution in [1.82, 2.24) is 0 Å². The number of aliphatic hydroxyl groups is 2. The van der Waals surface area contributed by atoms with Gasteiger partial charge in [-0.1, -0.05) is 39.3 Å². The average Bonchev–Trinajstić information content (AvgIpc) is 2.47.